The van der Waals surface area contributed by atoms with E-state index in [1.165, 1.54) is 0 Å². The van der Waals surface area contributed by atoms with Gasteiger partial charge in [0, 0.05) is 0 Å². The molecule has 0 aromatic rings. The van der Waals surface area contributed by atoms with Gasteiger partial charge in [-0.15, -0.1) is 0 Å². The fourth-order valence-electron chi connectivity index (χ4n) is 1.55. The van der Waals surface area contributed by atoms with Crippen LogP contribution in [0.4, 0.5) is 74.6 Å². The number of halogens is 17. The summed E-state index contributed by atoms with van der Waals surface area (Å²) in [6.07, 6.45) is -24.0. The van der Waals surface area contributed by atoms with Gasteiger partial charge in [-0.25, -0.2) is 4.39 Å². The van der Waals surface area contributed by atoms with Crippen molar-refractivity contribution < 1.29 is 93.5 Å². The van der Waals surface area contributed by atoms with Gasteiger partial charge in [0.15, 0.2) is 0 Å². The Morgan fingerprint density at radius 3 is 0.933 bits per heavy atom. The molecule has 0 fully saturated rings. The maximum absolute atomic E-state index is 13.2. The standard InChI is InChI=1S/C8H3F17O4Si/c9-1(6(18,19)20,7(21,22)23)2(10,11)3(12,13)4(14,15)5(16,17)8(24,25)29-30(26,27)28/h26-28H. The third-order valence-electron chi connectivity index (χ3n) is 3.03. The van der Waals surface area contributed by atoms with E-state index < -0.39 is 56.9 Å². The number of rotatable bonds is 7. The zero-order valence-corrected chi connectivity index (χ0v) is 13.7. The van der Waals surface area contributed by atoms with Crippen LogP contribution in [0.3, 0.4) is 0 Å². The third kappa shape index (κ3) is 3.90. The van der Waals surface area contributed by atoms with Gasteiger partial charge < -0.3 is 14.4 Å². The van der Waals surface area contributed by atoms with Crippen LogP contribution < -0.4 is 0 Å². The lowest BCUT2D eigenvalue weighted by molar-refractivity contribution is -0.477. The smallest absolute Gasteiger partial charge is 0.367 e. The fraction of sp³-hybridized carbons (Fsp3) is 1.00. The van der Waals surface area contributed by atoms with E-state index in [0.717, 1.165) is 0 Å². The molecule has 0 amide bonds. The van der Waals surface area contributed by atoms with E-state index in [2.05, 4.69) is 0 Å². The van der Waals surface area contributed by atoms with Gasteiger partial charge in [-0.05, 0) is 0 Å². The largest absolute Gasteiger partial charge is 0.675 e. The molecule has 0 saturated carbocycles. The molecule has 3 N–H and O–H groups in total. The van der Waals surface area contributed by atoms with E-state index in [1.807, 2.05) is 4.43 Å². The predicted octanol–water partition coefficient (Wildman–Crippen LogP) is 3.38. The molecule has 30 heavy (non-hydrogen) atoms. The highest BCUT2D eigenvalue weighted by atomic mass is 28.4. The monoisotopic (exact) mass is 514 g/mol. The highest BCUT2D eigenvalue weighted by Crippen LogP contribution is 2.65. The van der Waals surface area contributed by atoms with Gasteiger partial charge in [-0.3, -0.25) is 4.43 Å². The molecule has 0 unspecified atom stereocenters. The van der Waals surface area contributed by atoms with Crippen molar-refractivity contribution in [2.75, 3.05) is 0 Å². The Labute approximate surface area is 151 Å². The summed E-state index contributed by atoms with van der Waals surface area (Å²) in [5, 5.41) is 0. The summed E-state index contributed by atoms with van der Waals surface area (Å²) in [4.78, 5) is 23.9. The second-order valence-corrected chi connectivity index (χ2v) is 6.50. The first-order valence-corrected chi connectivity index (χ1v) is 7.79. The van der Waals surface area contributed by atoms with Gasteiger partial charge in [-0.1, -0.05) is 0 Å². The van der Waals surface area contributed by atoms with Gasteiger partial charge in [0.25, 0.3) is 0 Å². The van der Waals surface area contributed by atoms with Crippen molar-refractivity contribution in [3.05, 3.63) is 0 Å². The number of alkyl halides is 17. The molecular formula is C8H3F17O4Si. The van der Waals surface area contributed by atoms with E-state index in [-0.39, 0.29) is 0 Å². The van der Waals surface area contributed by atoms with Crippen molar-refractivity contribution >= 4 is 9.05 Å². The third-order valence-corrected chi connectivity index (χ3v) is 3.56. The molecule has 0 radical (unpaired) electrons. The summed E-state index contributed by atoms with van der Waals surface area (Å²) in [6.45, 7) is 0. The molecule has 0 aromatic heterocycles. The Balaban J connectivity index is 6.90. The molecule has 0 rings (SSSR count). The molecule has 0 saturated heterocycles. The van der Waals surface area contributed by atoms with Crippen LogP contribution >= 0.6 is 0 Å². The Bertz CT molecular complexity index is 617. The van der Waals surface area contributed by atoms with Crippen LogP contribution in [0, 0.1) is 0 Å². The van der Waals surface area contributed by atoms with E-state index in [0.29, 0.717) is 0 Å². The van der Waals surface area contributed by atoms with Gasteiger partial charge in [0.1, 0.15) is 0 Å². The minimum absolute atomic E-state index is 1.83. The van der Waals surface area contributed by atoms with Gasteiger partial charge in [-0.2, -0.15) is 70.2 Å². The zero-order valence-electron chi connectivity index (χ0n) is 12.7. The lowest BCUT2D eigenvalue weighted by Gasteiger charge is -2.44. The number of hydrogen-bond donors (Lipinski definition) is 3. The summed E-state index contributed by atoms with van der Waals surface area (Å²) in [5.74, 6) is -34.9. The van der Waals surface area contributed by atoms with Gasteiger partial charge >= 0.3 is 56.9 Å². The predicted molar refractivity (Wildman–Crippen MR) is 54.2 cm³/mol. The van der Waals surface area contributed by atoms with Crippen LogP contribution in [0.25, 0.3) is 0 Å². The fourth-order valence-corrected chi connectivity index (χ4v) is 2.02. The molecule has 22 heteroatoms. The molecule has 0 atom stereocenters. The number of hydrogen-bond acceptors (Lipinski definition) is 4. The van der Waals surface area contributed by atoms with Crippen molar-refractivity contribution in [2.24, 2.45) is 0 Å². The summed E-state index contributed by atoms with van der Waals surface area (Å²) in [6, 6.07) is 0. The average Bonchev–Trinajstić information content (AvgIpc) is 2.40. The summed E-state index contributed by atoms with van der Waals surface area (Å²) in [5.41, 5.74) is -8.68. The second-order valence-electron chi connectivity index (χ2n) is 5.14. The zero-order chi connectivity index (χ0) is 25.2. The van der Waals surface area contributed by atoms with Crippen LogP contribution in [-0.2, 0) is 4.43 Å². The molecule has 182 valence electrons. The summed E-state index contributed by atoms with van der Waals surface area (Å²) < 4.78 is 219. The second kappa shape index (κ2) is 6.93. The Morgan fingerprint density at radius 2 is 0.700 bits per heavy atom. The first-order chi connectivity index (χ1) is 12.5. The first-order valence-electron chi connectivity index (χ1n) is 6.04. The van der Waals surface area contributed by atoms with E-state index in [9.17, 15) is 74.6 Å². The SMILES string of the molecule is O[Si](O)(O)OC(F)(F)C(F)(F)C(F)(F)C(F)(F)C(F)(F)C(F)(C(F)(F)F)C(F)(F)F. The molecule has 0 aliphatic carbocycles. The Kier molecular flexibility index (Phi) is 6.67. The molecule has 0 spiro atoms. The summed E-state index contributed by atoms with van der Waals surface area (Å²) in [7, 11) is -7.11. The Hall–Kier alpha value is -1.13. The minimum atomic E-state index is -8.94. The van der Waals surface area contributed by atoms with Crippen molar-refractivity contribution in [2.45, 2.75) is 47.8 Å². The van der Waals surface area contributed by atoms with E-state index in [4.69, 9.17) is 14.4 Å². The molecule has 0 aliphatic heterocycles. The molecule has 4 nitrogen and oxygen atoms in total. The first kappa shape index (κ1) is 28.9. The topological polar surface area (TPSA) is 69.9 Å². The van der Waals surface area contributed by atoms with Crippen molar-refractivity contribution in [3.63, 3.8) is 0 Å². The lowest BCUT2D eigenvalue weighted by atomic mass is 9.85. The van der Waals surface area contributed by atoms with Crippen molar-refractivity contribution in [1.82, 2.24) is 0 Å². The minimum Gasteiger partial charge on any atom is -0.367 e. The van der Waals surface area contributed by atoms with E-state index >= 15 is 0 Å². The van der Waals surface area contributed by atoms with Crippen molar-refractivity contribution in [1.29, 1.82) is 0 Å². The van der Waals surface area contributed by atoms with Gasteiger partial charge in [0.05, 0.1) is 0 Å². The molecule has 0 bridgehead atoms. The van der Waals surface area contributed by atoms with Crippen LogP contribution in [0.5, 0.6) is 0 Å². The molecule has 0 aliphatic rings. The lowest BCUT2D eigenvalue weighted by Crippen LogP contribution is -2.77. The quantitative estimate of drug-likeness (QED) is 0.360. The summed E-state index contributed by atoms with van der Waals surface area (Å²) >= 11 is 0. The molecule has 0 aromatic carbocycles. The maximum atomic E-state index is 13.2. The highest BCUT2D eigenvalue weighted by molar-refractivity contribution is 6.48. The molecular weight excluding hydrogens is 511 g/mol. The molecule has 0 heterocycles. The van der Waals surface area contributed by atoms with Gasteiger partial charge in [0.2, 0.25) is 0 Å². The van der Waals surface area contributed by atoms with E-state index in [1.54, 1.807) is 0 Å². The van der Waals surface area contributed by atoms with Crippen LogP contribution in [0.2, 0.25) is 0 Å². The average molecular weight is 514 g/mol. The highest BCUT2D eigenvalue weighted by Gasteiger charge is 2.97. The van der Waals surface area contributed by atoms with Crippen LogP contribution in [0.1, 0.15) is 0 Å². The van der Waals surface area contributed by atoms with Crippen LogP contribution in [0.15, 0.2) is 0 Å². The van der Waals surface area contributed by atoms with Crippen LogP contribution in [-0.4, -0.2) is 71.3 Å². The Morgan fingerprint density at radius 1 is 0.433 bits per heavy atom. The maximum Gasteiger partial charge on any atom is 0.675 e. The normalized spacial score (nSPS) is 16.8. The van der Waals surface area contributed by atoms with Crippen molar-refractivity contribution in [3.8, 4) is 0 Å².